The fraction of sp³-hybridized carbons (Fsp3) is 0. The van der Waals surface area contributed by atoms with Gasteiger partial charge in [-0.15, -0.1) is 0 Å². The fourth-order valence-corrected chi connectivity index (χ4v) is 7.44. The van der Waals surface area contributed by atoms with Crippen LogP contribution in [-0.2, 0) is 0 Å². The highest BCUT2D eigenvalue weighted by Crippen LogP contribution is 2.49. The van der Waals surface area contributed by atoms with Gasteiger partial charge in [0.25, 0.3) is 5.56 Å². The van der Waals surface area contributed by atoms with E-state index in [2.05, 4.69) is 127 Å². The van der Waals surface area contributed by atoms with E-state index >= 15 is 0 Å². The highest BCUT2D eigenvalue weighted by Gasteiger charge is 2.30. The number of para-hydroxylation sites is 1. The Hall–Kier alpha value is -6.45. The van der Waals surface area contributed by atoms with Crippen molar-refractivity contribution >= 4 is 62.2 Å². The first-order valence-corrected chi connectivity index (χ1v) is 16.1. The molecule has 0 amide bonds. The molecule has 48 heavy (non-hydrogen) atoms. The van der Waals surface area contributed by atoms with Crippen LogP contribution in [0.2, 0.25) is 0 Å². The Morgan fingerprint density at radius 2 is 1.23 bits per heavy atom. The molecule has 0 saturated heterocycles. The molecule has 0 atom stereocenters. The maximum atomic E-state index is 14.6. The van der Waals surface area contributed by atoms with Crippen molar-refractivity contribution in [2.45, 2.75) is 0 Å². The summed E-state index contributed by atoms with van der Waals surface area (Å²) in [6.45, 7) is 8.25. The van der Waals surface area contributed by atoms with Gasteiger partial charge in [-0.05, 0) is 91.3 Å². The molecule has 0 radical (unpaired) electrons. The number of rotatable bonds is 4. The molecule has 226 valence electrons. The standard InChI is InChI=1S/C45H30N2O/c1-3-13-34-29(2)14-11-22-36(34)31-24-25-41-42(27-31)46(33-17-5-4-6-18-33)43-28-32(37-23-12-16-30-15-7-8-19-35(30)37)26-40-38-20-9-10-21-39(38)45(48)47(41)44(40)43/h3-28H,1-2H2/b34-13+. The zero-order valence-corrected chi connectivity index (χ0v) is 26.2. The number of hydrogen-bond acceptors (Lipinski definition) is 2. The van der Waals surface area contributed by atoms with Crippen LogP contribution in [0.1, 0.15) is 0 Å². The van der Waals surface area contributed by atoms with Crippen molar-refractivity contribution in [2.24, 2.45) is 0 Å². The van der Waals surface area contributed by atoms with E-state index in [1.807, 2.05) is 47.0 Å². The summed E-state index contributed by atoms with van der Waals surface area (Å²) in [5.74, 6) is 0. The molecule has 9 rings (SSSR count). The summed E-state index contributed by atoms with van der Waals surface area (Å²) >= 11 is 0. The second-order valence-corrected chi connectivity index (χ2v) is 12.3. The summed E-state index contributed by atoms with van der Waals surface area (Å²) in [6.07, 6.45) is 3.81. The molecule has 7 aromatic carbocycles. The number of hydrogen-bond donors (Lipinski definition) is 0. The Morgan fingerprint density at radius 3 is 2.06 bits per heavy atom. The zero-order chi connectivity index (χ0) is 32.4. The van der Waals surface area contributed by atoms with E-state index in [9.17, 15) is 4.79 Å². The van der Waals surface area contributed by atoms with Crippen molar-refractivity contribution in [3.8, 4) is 27.9 Å². The minimum absolute atomic E-state index is 0.0283. The highest BCUT2D eigenvalue weighted by atomic mass is 16.1. The van der Waals surface area contributed by atoms with E-state index in [-0.39, 0.29) is 5.56 Å². The van der Waals surface area contributed by atoms with Gasteiger partial charge < -0.3 is 4.90 Å². The molecule has 0 fully saturated rings. The van der Waals surface area contributed by atoms with Gasteiger partial charge in [0, 0.05) is 16.5 Å². The van der Waals surface area contributed by atoms with Gasteiger partial charge in [0.15, 0.2) is 0 Å². The number of anilines is 3. The molecule has 0 saturated carbocycles. The minimum Gasteiger partial charge on any atom is -0.306 e. The predicted octanol–water partition coefficient (Wildman–Crippen LogP) is 9.79. The largest absolute Gasteiger partial charge is 0.306 e. The molecule has 1 aliphatic heterocycles. The summed E-state index contributed by atoms with van der Waals surface area (Å²) in [7, 11) is 0. The van der Waals surface area contributed by atoms with E-state index in [0.717, 1.165) is 71.7 Å². The molecule has 0 unspecified atom stereocenters. The lowest BCUT2D eigenvalue weighted by Crippen LogP contribution is -2.28. The van der Waals surface area contributed by atoms with Crippen LogP contribution in [0, 0.1) is 0 Å². The second kappa shape index (κ2) is 10.8. The smallest absolute Gasteiger partial charge is 0.263 e. The molecule has 0 bridgehead atoms. The van der Waals surface area contributed by atoms with E-state index < -0.39 is 0 Å². The summed E-state index contributed by atoms with van der Waals surface area (Å²) in [6, 6.07) is 50.5. The third-order valence-corrected chi connectivity index (χ3v) is 9.57. The van der Waals surface area contributed by atoms with Crippen LogP contribution >= 0.6 is 0 Å². The average Bonchev–Trinajstić information content (AvgIpc) is 3.13. The van der Waals surface area contributed by atoms with E-state index in [0.29, 0.717) is 5.39 Å². The van der Waals surface area contributed by atoms with Crippen LogP contribution in [0.5, 0.6) is 0 Å². The van der Waals surface area contributed by atoms with Gasteiger partial charge in [-0.2, -0.15) is 0 Å². The maximum absolute atomic E-state index is 14.6. The molecule has 2 heterocycles. The van der Waals surface area contributed by atoms with Crippen molar-refractivity contribution < 1.29 is 0 Å². The van der Waals surface area contributed by atoms with Crippen molar-refractivity contribution in [3.05, 3.63) is 179 Å². The highest BCUT2D eigenvalue weighted by molar-refractivity contribution is 6.15. The number of aromatic nitrogens is 1. The molecular weight excluding hydrogens is 585 g/mol. The van der Waals surface area contributed by atoms with Crippen LogP contribution in [-0.4, -0.2) is 4.57 Å². The summed E-state index contributed by atoms with van der Waals surface area (Å²) < 4.78 is 1.92. The summed E-state index contributed by atoms with van der Waals surface area (Å²) in [4.78, 5) is 16.9. The molecular formula is C45H30N2O. The maximum Gasteiger partial charge on any atom is 0.263 e. The Kier molecular flexibility index (Phi) is 6.28. The quantitative estimate of drug-likeness (QED) is 0.184. The molecule has 0 aliphatic carbocycles. The van der Waals surface area contributed by atoms with Crippen molar-refractivity contribution in [3.63, 3.8) is 0 Å². The van der Waals surface area contributed by atoms with E-state index in [1.165, 1.54) is 10.8 Å². The Balaban J connectivity index is 1.45. The van der Waals surface area contributed by atoms with Crippen LogP contribution in [0.3, 0.4) is 0 Å². The molecule has 3 heteroatoms. The van der Waals surface area contributed by atoms with Crippen molar-refractivity contribution in [1.29, 1.82) is 0 Å². The number of pyridine rings is 1. The monoisotopic (exact) mass is 614 g/mol. The lowest BCUT2D eigenvalue weighted by Gasteiger charge is -2.35. The van der Waals surface area contributed by atoms with Crippen molar-refractivity contribution in [2.75, 3.05) is 4.90 Å². The zero-order valence-electron chi connectivity index (χ0n) is 26.2. The van der Waals surface area contributed by atoms with E-state index in [4.69, 9.17) is 0 Å². The Morgan fingerprint density at radius 1 is 0.542 bits per heavy atom. The van der Waals surface area contributed by atoms with Crippen LogP contribution in [0.15, 0.2) is 163 Å². The lowest BCUT2D eigenvalue weighted by atomic mass is 9.92. The van der Waals surface area contributed by atoms with E-state index in [1.54, 1.807) is 6.08 Å². The van der Waals surface area contributed by atoms with Gasteiger partial charge in [0.2, 0.25) is 0 Å². The first-order chi connectivity index (χ1) is 23.6. The summed E-state index contributed by atoms with van der Waals surface area (Å²) in [5.41, 5.74) is 8.95. The van der Waals surface area contributed by atoms with Gasteiger partial charge in [-0.1, -0.05) is 128 Å². The lowest BCUT2D eigenvalue weighted by molar-refractivity contribution is 1.03. The van der Waals surface area contributed by atoms with Crippen LogP contribution in [0.4, 0.5) is 17.1 Å². The van der Waals surface area contributed by atoms with Gasteiger partial charge in [0.05, 0.1) is 22.6 Å². The van der Waals surface area contributed by atoms with Gasteiger partial charge in [0.1, 0.15) is 0 Å². The minimum atomic E-state index is -0.0283. The SMILES string of the molecule is C=C/C=c1/c(-c2ccc3c(c2)N(c2ccccc2)c2cc(-c4cccc5ccccc45)cc4c5ccccc5c(=O)n-3c24)cccc1=C. The topological polar surface area (TPSA) is 25.2 Å². The van der Waals surface area contributed by atoms with Gasteiger partial charge >= 0.3 is 0 Å². The second-order valence-electron chi connectivity index (χ2n) is 12.3. The Labute approximate surface area is 277 Å². The molecule has 0 spiro atoms. The molecule has 3 nitrogen and oxygen atoms in total. The molecule has 1 aromatic heterocycles. The number of fused-ring (bicyclic) bond motifs is 5. The molecule has 1 aliphatic rings. The molecule has 8 aromatic rings. The average molecular weight is 615 g/mol. The van der Waals surface area contributed by atoms with Gasteiger partial charge in [-0.3, -0.25) is 9.36 Å². The number of nitrogens with zero attached hydrogens (tertiary/aromatic N) is 2. The third kappa shape index (κ3) is 4.11. The number of allylic oxidation sites excluding steroid dienone is 1. The predicted molar refractivity (Wildman–Crippen MR) is 203 cm³/mol. The number of benzene rings is 7. The summed E-state index contributed by atoms with van der Waals surface area (Å²) in [5, 5.41) is 7.01. The first-order valence-electron chi connectivity index (χ1n) is 16.1. The molecule has 0 N–H and O–H groups in total. The van der Waals surface area contributed by atoms with Crippen LogP contribution in [0.25, 0.3) is 73.0 Å². The third-order valence-electron chi connectivity index (χ3n) is 9.57. The Bertz CT molecular complexity index is 2790. The fourth-order valence-electron chi connectivity index (χ4n) is 7.44. The van der Waals surface area contributed by atoms with Gasteiger partial charge in [-0.25, -0.2) is 0 Å². The normalized spacial score (nSPS) is 12.5. The van der Waals surface area contributed by atoms with Crippen molar-refractivity contribution in [1.82, 2.24) is 4.57 Å². The van der Waals surface area contributed by atoms with Crippen LogP contribution < -0.4 is 20.9 Å². The first kappa shape index (κ1) is 27.8.